The van der Waals surface area contributed by atoms with Gasteiger partial charge in [-0.2, -0.15) is 9.50 Å². The summed E-state index contributed by atoms with van der Waals surface area (Å²) in [5, 5.41) is 15.8. The Hall–Kier alpha value is -2.48. The Bertz CT molecular complexity index is 801. The van der Waals surface area contributed by atoms with E-state index in [0.29, 0.717) is 22.2 Å². The van der Waals surface area contributed by atoms with Crippen molar-refractivity contribution in [3.8, 4) is 11.3 Å². The molecule has 0 spiro atoms. The van der Waals surface area contributed by atoms with Crippen LogP contribution in [0.3, 0.4) is 0 Å². The highest BCUT2D eigenvalue weighted by molar-refractivity contribution is 7.98. The molecule has 100 valence electrons. The summed E-state index contributed by atoms with van der Waals surface area (Å²) in [6, 6.07) is 8.16. The molecular formula is C12H9N5O2S. The highest BCUT2D eigenvalue weighted by atomic mass is 32.2. The molecule has 0 radical (unpaired) electrons. The van der Waals surface area contributed by atoms with Crippen LogP contribution >= 0.6 is 11.8 Å². The summed E-state index contributed by atoms with van der Waals surface area (Å²) in [6.45, 7) is 0. The maximum atomic E-state index is 10.9. The van der Waals surface area contributed by atoms with Crippen LogP contribution in [0.4, 0.5) is 5.69 Å². The minimum Gasteiger partial charge on any atom is -0.258 e. The first-order valence-electron chi connectivity index (χ1n) is 5.69. The van der Waals surface area contributed by atoms with E-state index < -0.39 is 4.92 Å². The number of benzene rings is 1. The predicted molar refractivity (Wildman–Crippen MR) is 74.7 cm³/mol. The lowest BCUT2D eigenvalue weighted by Gasteiger charge is -2.03. The Morgan fingerprint density at radius 3 is 2.95 bits per heavy atom. The van der Waals surface area contributed by atoms with Crippen LogP contribution in [0.25, 0.3) is 17.0 Å². The van der Waals surface area contributed by atoms with Crippen molar-refractivity contribution in [2.24, 2.45) is 0 Å². The minimum atomic E-state index is -0.420. The van der Waals surface area contributed by atoms with E-state index in [-0.39, 0.29) is 5.69 Å². The van der Waals surface area contributed by atoms with Gasteiger partial charge in [0, 0.05) is 23.9 Å². The third kappa shape index (κ3) is 2.10. The molecule has 20 heavy (non-hydrogen) atoms. The summed E-state index contributed by atoms with van der Waals surface area (Å²) in [4.78, 5) is 18.8. The Kier molecular flexibility index (Phi) is 3.07. The molecule has 0 saturated heterocycles. The first-order valence-corrected chi connectivity index (χ1v) is 6.92. The summed E-state index contributed by atoms with van der Waals surface area (Å²) in [5.74, 6) is 0.471. The van der Waals surface area contributed by atoms with Gasteiger partial charge in [0.25, 0.3) is 11.5 Å². The number of hydrogen-bond donors (Lipinski definition) is 0. The van der Waals surface area contributed by atoms with Crippen LogP contribution in [0, 0.1) is 10.1 Å². The van der Waals surface area contributed by atoms with Crippen LogP contribution in [0.5, 0.6) is 0 Å². The molecule has 0 N–H and O–H groups in total. The van der Waals surface area contributed by atoms with Gasteiger partial charge in [-0.25, -0.2) is 4.98 Å². The van der Waals surface area contributed by atoms with E-state index in [2.05, 4.69) is 15.1 Å². The first-order chi connectivity index (χ1) is 9.69. The van der Waals surface area contributed by atoms with Crippen molar-refractivity contribution in [3.63, 3.8) is 0 Å². The van der Waals surface area contributed by atoms with Gasteiger partial charge in [0.15, 0.2) is 0 Å². The smallest absolute Gasteiger partial charge is 0.258 e. The molecule has 0 amide bonds. The van der Waals surface area contributed by atoms with Crippen molar-refractivity contribution in [3.05, 3.63) is 46.6 Å². The lowest BCUT2D eigenvalue weighted by atomic mass is 10.1. The maximum absolute atomic E-state index is 10.9. The lowest BCUT2D eigenvalue weighted by molar-refractivity contribution is -0.384. The average Bonchev–Trinajstić information content (AvgIpc) is 2.90. The van der Waals surface area contributed by atoms with E-state index in [1.54, 1.807) is 28.9 Å². The van der Waals surface area contributed by atoms with Crippen molar-refractivity contribution in [1.29, 1.82) is 0 Å². The highest BCUT2D eigenvalue weighted by Crippen LogP contribution is 2.24. The van der Waals surface area contributed by atoms with Crippen LogP contribution < -0.4 is 0 Å². The molecule has 3 rings (SSSR count). The second-order valence-corrected chi connectivity index (χ2v) is 4.72. The number of fused-ring (bicyclic) bond motifs is 1. The van der Waals surface area contributed by atoms with Crippen molar-refractivity contribution >= 4 is 23.2 Å². The van der Waals surface area contributed by atoms with Gasteiger partial charge in [-0.1, -0.05) is 23.9 Å². The fraction of sp³-hybridized carbons (Fsp3) is 0.0833. The molecule has 0 aliphatic rings. The zero-order valence-corrected chi connectivity index (χ0v) is 11.2. The second-order valence-electron chi connectivity index (χ2n) is 3.95. The minimum absolute atomic E-state index is 0.0395. The molecular weight excluding hydrogens is 278 g/mol. The van der Waals surface area contributed by atoms with Crippen molar-refractivity contribution in [2.45, 2.75) is 5.16 Å². The monoisotopic (exact) mass is 287 g/mol. The number of aromatic nitrogens is 4. The van der Waals surface area contributed by atoms with E-state index in [4.69, 9.17) is 0 Å². The van der Waals surface area contributed by atoms with Crippen LogP contribution in [0.2, 0.25) is 0 Å². The summed E-state index contributed by atoms with van der Waals surface area (Å²) < 4.78 is 1.59. The van der Waals surface area contributed by atoms with E-state index in [9.17, 15) is 10.1 Å². The van der Waals surface area contributed by atoms with Crippen LogP contribution in [0.15, 0.2) is 41.7 Å². The van der Waals surface area contributed by atoms with E-state index in [1.807, 2.05) is 6.26 Å². The molecule has 8 heteroatoms. The fourth-order valence-electron chi connectivity index (χ4n) is 1.86. The number of thioether (sulfide) groups is 1. The number of hydrogen-bond acceptors (Lipinski definition) is 6. The van der Waals surface area contributed by atoms with Crippen molar-refractivity contribution < 1.29 is 4.92 Å². The fourth-order valence-corrected chi connectivity index (χ4v) is 2.20. The third-order valence-corrected chi connectivity index (χ3v) is 3.29. The topological polar surface area (TPSA) is 86.2 Å². The van der Waals surface area contributed by atoms with E-state index in [0.717, 1.165) is 0 Å². The Morgan fingerprint density at radius 2 is 2.20 bits per heavy atom. The van der Waals surface area contributed by atoms with Crippen LogP contribution in [-0.4, -0.2) is 30.8 Å². The summed E-state index contributed by atoms with van der Waals surface area (Å²) in [5.41, 5.74) is 1.45. The Labute approximate surface area is 117 Å². The van der Waals surface area contributed by atoms with Crippen LogP contribution in [0.1, 0.15) is 0 Å². The Balaban J connectivity index is 2.21. The van der Waals surface area contributed by atoms with Gasteiger partial charge in [-0.3, -0.25) is 10.1 Å². The molecule has 3 aromatic rings. The average molecular weight is 287 g/mol. The number of non-ortho nitro benzene ring substituents is 1. The third-order valence-electron chi connectivity index (χ3n) is 2.76. The molecule has 0 saturated carbocycles. The molecule has 2 aromatic heterocycles. The van der Waals surface area contributed by atoms with Crippen molar-refractivity contribution in [1.82, 2.24) is 19.6 Å². The lowest BCUT2D eigenvalue weighted by Crippen LogP contribution is -1.96. The Morgan fingerprint density at radius 1 is 1.35 bits per heavy atom. The zero-order valence-electron chi connectivity index (χ0n) is 10.4. The van der Waals surface area contributed by atoms with Crippen LogP contribution in [-0.2, 0) is 0 Å². The molecule has 0 fully saturated rings. The number of nitro benzene ring substituents is 1. The standard InChI is InChI=1S/C12H9N5O2S/c1-20-12-14-11-13-6-5-10(16(11)15-12)8-3-2-4-9(7-8)17(18)19/h2-7H,1H3. The highest BCUT2D eigenvalue weighted by Gasteiger charge is 2.12. The molecule has 0 aliphatic heterocycles. The first kappa shape index (κ1) is 12.5. The molecule has 0 aliphatic carbocycles. The summed E-state index contributed by atoms with van der Waals surface area (Å²) >= 11 is 1.42. The molecule has 7 nitrogen and oxygen atoms in total. The maximum Gasteiger partial charge on any atom is 0.270 e. The van der Waals surface area contributed by atoms with Gasteiger partial charge >= 0.3 is 0 Å². The van der Waals surface area contributed by atoms with Gasteiger partial charge in [-0.05, 0) is 12.3 Å². The SMILES string of the molecule is CSc1nc2nccc(-c3cccc([N+](=O)[O-])c3)n2n1. The molecule has 0 bridgehead atoms. The van der Waals surface area contributed by atoms with Crippen molar-refractivity contribution in [2.75, 3.05) is 6.26 Å². The summed E-state index contributed by atoms with van der Waals surface area (Å²) in [7, 11) is 0. The number of nitrogens with zero attached hydrogens (tertiary/aromatic N) is 5. The van der Waals surface area contributed by atoms with Gasteiger partial charge in [0.1, 0.15) is 0 Å². The quantitative estimate of drug-likeness (QED) is 0.418. The van der Waals surface area contributed by atoms with E-state index >= 15 is 0 Å². The largest absolute Gasteiger partial charge is 0.270 e. The number of nitro groups is 1. The van der Waals surface area contributed by atoms with Gasteiger partial charge in [0.05, 0.1) is 10.6 Å². The normalized spacial score (nSPS) is 10.8. The second kappa shape index (κ2) is 4.89. The van der Waals surface area contributed by atoms with Gasteiger partial charge in [-0.15, -0.1) is 5.10 Å². The summed E-state index contributed by atoms with van der Waals surface area (Å²) in [6.07, 6.45) is 3.49. The van der Waals surface area contributed by atoms with Gasteiger partial charge < -0.3 is 0 Å². The van der Waals surface area contributed by atoms with E-state index in [1.165, 1.54) is 23.9 Å². The zero-order chi connectivity index (χ0) is 14.1. The van der Waals surface area contributed by atoms with Gasteiger partial charge in [0.2, 0.25) is 5.16 Å². The number of rotatable bonds is 3. The molecule has 0 atom stereocenters. The predicted octanol–water partition coefficient (Wildman–Crippen LogP) is 2.42. The molecule has 2 heterocycles. The molecule has 1 aromatic carbocycles. The molecule has 0 unspecified atom stereocenters.